The minimum Gasteiger partial charge on any atom is -0.348 e. The summed E-state index contributed by atoms with van der Waals surface area (Å²) >= 11 is 0. The Morgan fingerprint density at radius 2 is 2.00 bits per heavy atom. The molecule has 0 N–H and O–H groups in total. The molecule has 1 unspecified atom stereocenters. The summed E-state index contributed by atoms with van der Waals surface area (Å²) in [5, 5.41) is 0. The van der Waals surface area contributed by atoms with E-state index >= 15 is 0 Å². The van der Waals surface area contributed by atoms with Crippen molar-refractivity contribution in [2.75, 3.05) is 11.4 Å². The van der Waals surface area contributed by atoms with Gasteiger partial charge in [-0.15, -0.1) is 0 Å². The predicted molar refractivity (Wildman–Crippen MR) is 91.4 cm³/mol. The Morgan fingerprint density at radius 1 is 1.04 bits per heavy atom. The lowest BCUT2D eigenvalue weighted by atomic mass is 10.1. The molecule has 0 aromatic carbocycles. The normalized spacial score (nSPS) is 17.2. The number of aryl methyl sites for hydroxylation is 1. The number of aromatic nitrogens is 5. The van der Waals surface area contributed by atoms with Crippen molar-refractivity contribution in [2.45, 2.75) is 25.8 Å². The second kappa shape index (κ2) is 6.31. The minimum absolute atomic E-state index is 0.213. The summed E-state index contributed by atoms with van der Waals surface area (Å²) in [7, 11) is 0. The summed E-state index contributed by atoms with van der Waals surface area (Å²) in [5.74, 6) is 1.63. The molecule has 4 heterocycles. The SMILES string of the molecule is Cc1cc(N2CCCC2c2ccnc(-c3ccccn3)n2)ncn1. The fourth-order valence-corrected chi connectivity index (χ4v) is 3.12. The molecule has 3 aromatic rings. The highest BCUT2D eigenvalue weighted by molar-refractivity contribution is 5.49. The molecule has 1 aliphatic rings. The largest absolute Gasteiger partial charge is 0.348 e. The molecule has 120 valence electrons. The van der Waals surface area contributed by atoms with E-state index in [2.05, 4.69) is 24.8 Å². The van der Waals surface area contributed by atoms with E-state index in [1.165, 1.54) is 0 Å². The Labute approximate surface area is 140 Å². The van der Waals surface area contributed by atoms with Crippen LogP contribution in [0.1, 0.15) is 30.3 Å². The van der Waals surface area contributed by atoms with E-state index in [1.807, 2.05) is 43.5 Å². The Morgan fingerprint density at radius 3 is 2.83 bits per heavy atom. The van der Waals surface area contributed by atoms with Crippen molar-refractivity contribution >= 4 is 5.82 Å². The predicted octanol–water partition coefficient (Wildman–Crippen LogP) is 2.98. The van der Waals surface area contributed by atoms with Crippen LogP contribution in [0.2, 0.25) is 0 Å². The molecule has 0 bridgehead atoms. The first-order valence-corrected chi connectivity index (χ1v) is 8.11. The molecule has 3 aromatic heterocycles. The lowest BCUT2D eigenvalue weighted by Gasteiger charge is -2.25. The summed E-state index contributed by atoms with van der Waals surface area (Å²) in [6.45, 7) is 2.96. The van der Waals surface area contributed by atoms with Crippen LogP contribution in [-0.4, -0.2) is 31.5 Å². The molecule has 0 radical (unpaired) electrons. The van der Waals surface area contributed by atoms with E-state index in [9.17, 15) is 0 Å². The number of hydrogen-bond donors (Lipinski definition) is 0. The van der Waals surface area contributed by atoms with Gasteiger partial charge in [0.2, 0.25) is 0 Å². The number of nitrogens with zero attached hydrogens (tertiary/aromatic N) is 6. The third-order valence-corrected chi connectivity index (χ3v) is 4.25. The molecule has 1 atom stereocenters. The topological polar surface area (TPSA) is 67.7 Å². The number of pyridine rings is 1. The molecular weight excluding hydrogens is 300 g/mol. The van der Waals surface area contributed by atoms with Gasteiger partial charge in [-0.3, -0.25) is 4.98 Å². The van der Waals surface area contributed by atoms with Gasteiger partial charge in [-0.1, -0.05) is 6.07 Å². The Balaban J connectivity index is 1.68. The van der Waals surface area contributed by atoms with Crippen molar-refractivity contribution in [3.8, 4) is 11.5 Å². The van der Waals surface area contributed by atoms with Gasteiger partial charge in [0.25, 0.3) is 0 Å². The van der Waals surface area contributed by atoms with E-state index in [0.717, 1.165) is 42.3 Å². The molecule has 0 amide bonds. The minimum atomic E-state index is 0.213. The molecule has 0 saturated carbocycles. The maximum Gasteiger partial charge on any atom is 0.178 e. The molecule has 1 saturated heterocycles. The van der Waals surface area contributed by atoms with Gasteiger partial charge in [-0.2, -0.15) is 0 Å². The van der Waals surface area contributed by atoms with Gasteiger partial charge >= 0.3 is 0 Å². The van der Waals surface area contributed by atoms with E-state index in [0.29, 0.717) is 5.82 Å². The van der Waals surface area contributed by atoms with Crippen molar-refractivity contribution in [2.24, 2.45) is 0 Å². The Hall–Kier alpha value is -2.89. The third kappa shape index (κ3) is 2.82. The number of hydrogen-bond acceptors (Lipinski definition) is 6. The zero-order chi connectivity index (χ0) is 16.4. The lowest BCUT2D eigenvalue weighted by Crippen LogP contribution is -2.24. The van der Waals surface area contributed by atoms with Crippen LogP contribution < -0.4 is 4.90 Å². The number of rotatable bonds is 3. The van der Waals surface area contributed by atoms with Crippen molar-refractivity contribution < 1.29 is 0 Å². The Bertz CT molecular complexity index is 836. The molecule has 1 fully saturated rings. The van der Waals surface area contributed by atoms with Gasteiger partial charge in [0, 0.05) is 30.7 Å². The molecule has 1 aliphatic heterocycles. The van der Waals surface area contributed by atoms with Crippen LogP contribution in [-0.2, 0) is 0 Å². The highest BCUT2D eigenvalue weighted by Gasteiger charge is 2.28. The van der Waals surface area contributed by atoms with E-state index < -0.39 is 0 Å². The summed E-state index contributed by atoms with van der Waals surface area (Å²) in [4.78, 5) is 24.4. The van der Waals surface area contributed by atoms with Crippen LogP contribution in [0, 0.1) is 6.92 Å². The van der Waals surface area contributed by atoms with Gasteiger partial charge < -0.3 is 4.90 Å². The first-order chi connectivity index (χ1) is 11.8. The molecule has 6 nitrogen and oxygen atoms in total. The maximum absolute atomic E-state index is 4.76. The zero-order valence-corrected chi connectivity index (χ0v) is 13.5. The summed E-state index contributed by atoms with van der Waals surface area (Å²) < 4.78 is 0. The second-order valence-corrected chi connectivity index (χ2v) is 5.89. The molecule has 24 heavy (non-hydrogen) atoms. The van der Waals surface area contributed by atoms with Crippen molar-refractivity contribution in [3.05, 3.63) is 60.4 Å². The number of anilines is 1. The van der Waals surface area contributed by atoms with Crippen LogP contribution >= 0.6 is 0 Å². The maximum atomic E-state index is 4.76. The average molecular weight is 318 g/mol. The summed E-state index contributed by atoms with van der Waals surface area (Å²) in [5.41, 5.74) is 2.78. The van der Waals surface area contributed by atoms with Crippen molar-refractivity contribution in [1.29, 1.82) is 0 Å². The van der Waals surface area contributed by atoms with Gasteiger partial charge in [0.15, 0.2) is 5.82 Å². The molecule has 4 rings (SSSR count). The second-order valence-electron chi connectivity index (χ2n) is 5.89. The zero-order valence-electron chi connectivity index (χ0n) is 13.5. The fourth-order valence-electron chi connectivity index (χ4n) is 3.12. The molecule has 0 spiro atoms. The van der Waals surface area contributed by atoms with Crippen LogP contribution in [0.25, 0.3) is 11.5 Å². The Kier molecular flexibility index (Phi) is 3.86. The van der Waals surface area contributed by atoms with E-state index in [-0.39, 0.29) is 6.04 Å². The molecule has 0 aliphatic carbocycles. The van der Waals surface area contributed by atoms with Crippen LogP contribution in [0.15, 0.2) is 49.1 Å². The first kappa shape index (κ1) is 14.7. The van der Waals surface area contributed by atoms with Crippen LogP contribution in [0.3, 0.4) is 0 Å². The van der Waals surface area contributed by atoms with Crippen molar-refractivity contribution in [3.63, 3.8) is 0 Å². The van der Waals surface area contributed by atoms with E-state index in [1.54, 1.807) is 12.5 Å². The van der Waals surface area contributed by atoms with Gasteiger partial charge in [-0.25, -0.2) is 19.9 Å². The summed E-state index contributed by atoms with van der Waals surface area (Å²) in [6.07, 6.45) is 7.38. The van der Waals surface area contributed by atoms with Crippen LogP contribution in [0.5, 0.6) is 0 Å². The first-order valence-electron chi connectivity index (χ1n) is 8.11. The standard InChI is InChI=1S/C18H18N6/c1-13-11-17(22-12-21-13)24-10-4-6-16(24)14-7-9-20-18(23-14)15-5-2-3-8-19-15/h2-3,5,7-9,11-12,16H,4,6,10H2,1H3. The van der Waals surface area contributed by atoms with Gasteiger partial charge in [-0.05, 0) is 38.0 Å². The molecule has 6 heteroatoms. The lowest BCUT2D eigenvalue weighted by molar-refractivity contribution is 0.684. The van der Waals surface area contributed by atoms with Crippen molar-refractivity contribution in [1.82, 2.24) is 24.9 Å². The smallest absolute Gasteiger partial charge is 0.178 e. The average Bonchev–Trinajstić information content (AvgIpc) is 3.12. The molecular formula is C18H18N6. The highest BCUT2D eigenvalue weighted by atomic mass is 15.2. The summed E-state index contributed by atoms with van der Waals surface area (Å²) in [6, 6.07) is 10.00. The monoisotopic (exact) mass is 318 g/mol. The van der Waals surface area contributed by atoms with Gasteiger partial charge in [0.05, 0.1) is 11.7 Å². The van der Waals surface area contributed by atoms with E-state index in [4.69, 9.17) is 4.98 Å². The highest BCUT2D eigenvalue weighted by Crippen LogP contribution is 2.34. The quantitative estimate of drug-likeness (QED) is 0.739. The third-order valence-electron chi connectivity index (χ3n) is 4.25. The fraction of sp³-hybridized carbons (Fsp3) is 0.278. The van der Waals surface area contributed by atoms with Gasteiger partial charge in [0.1, 0.15) is 17.8 Å². The van der Waals surface area contributed by atoms with Crippen LogP contribution in [0.4, 0.5) is 5.82 Å².